The normalized spacial score (nSPS) is 21.6. The number of nitrogens with one attached hydrogen (secondary N) is 2. The molecule has 9 heteroatoms. The van der Waals surface area contributed by atoms with Gasteiger partial charge in [-0.25, -0.2) is 13.6 Å². The van der Waals surface area contributed by atoms with Crippen molar-refractivity contribution in [3.8, 4) is 0 Å². The van der Waals surface area contributed by atoms with Crippen molar-refractivity contribution >= 4 is 10.0 Å². The van der Waals surface area contributed by atoms with Crippen molar-refractivity contribution in [3.63, 3.8) is 0 Å². The highest BCUT2D eigenvalue weighted by molar-refractivity contribution is 7.90. The highest BCUT2D eigenvalue weighted by atomic mass is 32.2. The van der Waals surface area contributed by atoms with Gasteiger partial charge in [-0.2, -0.15) is 13.2 Å². The summed E-state index contributed by atoms with van der Waals surface area (Å²) in [5.74, 6) is 2.07. The van der Waals surface area contributed by atoms with Gasteiger partial charge in [-0.1, -0.05) is 19.3 Å². The van der Waals surface area contributed by atoms with Crippen LogP contribution in [0.2, 0.25) is 0 Å². The van der Waals surface area contributed by atoms with Crippen LogP contribution in [0.4, 0.5) is 13.2 Å². The third-order valence-corrected chi connectivity index (χ3v) is 5.11. The number of hydrogen-bond acceptors (Lipinski definition) is 4. The second-order valence-electron chi connectivity index (χ2n) is 6.31. The van der Waals surface area contributed by atoms with Crippen LogP contribution in [0.25, 0.3) is 0 Å². The molecule has 23 heavy (non-hydrogen) atoms. The van der Waals surface area contributed by atoms with Gasteiger partial charge in [0.15, 0.2) is 0 Å². The number of piperidine rings is 2. The number of alkyl halides is 3. The second kappa shape index (κ2) is 9.80. The number of primary sulfonamides is 1. The van der Waals surface area contributed by atoms with E-state index >= 15 is 0 Å². The first kappa shape index (κ1) is 20.7. The molecule has 2 saturated heterocycles. The standard InChI is InChI=1S/C13H26N2.CH2F3NO2S/c1(2-12-4-8-14-9-5-12)3-13-6-10-15-11-7-13;2-1(3,4)8(5,6)7/h12-15H,1-11H2;(H2,5,6,7). The summed E-state index contributed by atoms with van der Waals surface area (Å²) in [5, 5.41) is 10.6. The van der Waals surface area contributed by atoms with E-state index < -0.39 is 15.5 Å². The molecule has 0 aromatic heterocycles. The average Bonchev–Trinajstić information content (AvgIpc) is 2.48. The van der Waals surface area contributed by atoms with Crippen LogP contribution in [-0.2, 0) is 10.0 Å². The fraction of sp³-hybridized carbons (Fsp3) is 1.00. The molecule has 0 amide bonds. The van der Waals surface area contributed by atoms with Gasteiger partial charge in [0.2, 0.25) is 0 Å². The molecule has 2 rings (SSSR count). The molecule has 0 aliphatic carbocycles. The minimum atomic E-state index is -5.34. The molecule has 2 aliphatic rings. The van der Waals surface area contributed by atoms with Gasteiger partial charge in [0.1, 0.15) is 0 Å². The molecule has 0 atom stereocenters. The van der Waals surface area contributed by atoms with Gasteiger partial charge in [0, 0.05) is 0 Å². The molecular formula is C14H28F3N3O2S. The lowest BCUT2D eigenvalue weighted by Crippen LogP contribution is -2.30. The maximum Gasteiger partial charge on any atom is 0.511 e. The lowest BCUT2D eigenvalue weighted by atomic mass is 9.87. The quantitative estimate of drug-likeness (QED) is 0.716. The Balaban J connectivity index is 0.000000284. The summed E-state index contributed by atoms with van der Waals surface area (Å²) < 4.78 is 51.2. The molecule has 0 saturated carbocycles. The van der Waals surface area contributed by atoms with E-state index in [-0.39, 0.29) is 0 Å². The molecule has 2 aliphatic heterocycles. The highest BCUT2D eigenvalue weighted by Gasteiger charge is 2.42. The topological polar surface area (TPSA) is 84.2 Å². The largest absolute Gasteiger partial charge is 0.511 e. The zero-order chi connectivity index (χ0) is 17.3. The van der Waals surface area contributed by atoms with Gasteiger partial charge in [-0.15, -0.1) is 0 Å². The summed E-state index contributed by atoms with van der Waals surface area (Å²) in [4.78, 5) is 0. The average molecular weight is 359 g/mol. The van der Waals surface area contributed by atoms with Crippen LogP contribution < -0.4 is 15.8 Å². The summed E-state index contributed by atoms with van der Waals surface area (Å²) >= 11 is 0. The Morgan fingerprint density at radius 3 is 1.43 bits per heavy atom. The van der Waals surface area contributed by atoms with E-state index in [2.05, 4.69) is 15.8 Å². The van der Waals surface area contributed by atoms with Crippen LogP contribution in [0.15, 0.2) is 0 Å². The number of nitrogens with two attached hydrogens (primary N) is 1. The summed E-state index contributed by atoms with van der Waals surface area (Å²) in [6, 6.07) is 0. The summed E-state index contributed by atoms with van der Waals surface area (Å²) in [6.07, 6.45) is 10.2. The smallest absolute Gasteiger partial charge is 0.317 e. The molecule has 0 aromatic rings. The molecule has 0 bridgehead atoms. The minimum Gasteiger partial charge on any atom is -0.317 e. The maximum absolute atomic E-state index is 10.8. The molecule has 2 heterocycles. The molecule has 138 valence electrons. The first-order valence-corrected chi connectivity index (χ1v) is 9.75. The Hall–Kier alpha value is -0.380. The van der Waals surface area contributed by atoms with E-state index in [0.717, 1.165) is 11.8 Å². The van der Waals surface area contributed by atoms with Crippen molar-refractivity contribution in [1.82, 2.24) is 10.6 Å². The molecule has 0 radical (unpaired) electrons. The van der Waals surface area contributed by atoms with E-state index in [1.807, 2.05) is 0 Å². The molecular weight excluding hydrogens is 331 g/mol. The van der Waals surface area contributed by atoms with Crippen molar-refractivity contribution in [1.29, 1.82) is 0 Å². The Morgan fingerprint density at radius 1 is 0.870 bits per heavy atom. The van der Waals surface area contributed by atoms with Crippen LogP contribution in [0.3, 0.4) is 0 Å². The van der Waals surface area contributed by atoms with E-state index in [4.69, 9.17) is 0 Å². The molecule has 4 N–H and O–H groups in total. The monoisotopic (exact) mass is 359 g/mol. The van der Waals surface area contributed by atoms with E-state index in [9.17, 15) is 21.6 Å². The number of hydrogen-bond donors (Lipinski definition) is 3. The summed E-state index contributed by atoms with van der Waals surface area (Å²) in [7, 11) is -5.34. The summed E-state index contributed by atoms with van der Waals surface area (Å²) in [5.41, 5.74) is -5.31. The fourth-order valence-electron chi connectivity index (χ4n) is 3.04. The number of halogens is 3. The molecule has 2 fully saturated rings. The van der Waals surface area contributed by atoms with E-state index in [0.29, 0.717) is 0 Å². The summed E-state index contributed by atoms with van der Waals surface area (Å²) in [6.45, 7) is 5.05. The van der Waals surface area contributed by atoms with Gasteiger partial charge >= 0.3 is 15.5 Å². The third-order valence-electron chi connectivity index (χ3n) is 4.46. The Kier molecular flexibility index (Phi) is 8.81. The molecule has 0 aromatic carbocycles. The van der Waals surface area contributed by atoms with Crippen LogP contribution in [-0.4, -0.2) is 40.1 Å². The lowest BCUT2D eigenvalue weighted by molar-refractivity contribution is -0.0436. The van der Waals surface area contributed by atoms with Crippen molar-refractivity contribution in [2.24, 2.45) is 17.0 Å². The molecule has 0 spiro atoms. The first-order chi connectivity index (χ1) is 10.7. The molecule has 5 nitrogen and oxygen atoms in total. The van der Waals surface area contributed by atoms with Gasteiger partial charge in [-0.05, 0) is 63.7 Å². The van der Waals surface area contributed by atoms with Gasteiger partial charge in [0.25, 0.3) is 0 Å². The lowest BCUT2D eigenvalue weighted by Gasteiger charge is -2.25. The van der Waals surface area contributed by atoms with Crippen molar-refractivity contribution < 1.29 is 21.6 Å². The van der Waals surface area contributed by atoms with Crippen molar-refractivity contribution in [2.45, 2.75) is 50.5 Å². The second-order valence-corrected chi connectivity index (χ2v) is 7.86. The van der Waals surface area contributed by atoms with Gasteiger partial charge < -0.3 is 10.6 Å². The Morgan fingerprint density at radius 2 is 1.17 bits per heavy atom. The highest BCUT2D eigenvalue weighted by Crippen LogP contribution is 2.23. The van der Waals surface area contributed by atoms with Crippen molar-refractivity contribution in [3.05, 3.63) is 0 Å². The fourth-order valence-corrected chi connectivity index (χ4v) is 3.04. The van der Waals surface area contributed by atoms with Gasteiger partial charge in [0.05, 0.1) is 0 Å². The Bertz CT molecular complexity index is 399. The third kappa shape index (κ3) is 8.88. The molecule has 0 unspecified atom stereocenters. The number of sulfonamides is 1. The predicted molar refractivity (Wildman–Crippen MR) is 84.2 cm³/mol. The van der Waals surface area contributed by atoms with Crippen LogP contribution >= 0.6 is 0 Å². The van der Waals surface area contributed by atoms with Crippen LogP contribution in [0, 0.1) is 11.8 Å². The van der Waals surface area contributed by atoms with Gasteiger partial charge in [-0.3, -0.25) is 0 Å². The van der Waals surface area contributed by atoms with E-state index in [1.165, 1.54) is 71.1 Å². The van der Waals surface area contributed by atoms with Crippen molar-refractivity contribution in [2.75, 3.05) is 26.2 Å². The predicted octanol–water partition coefficient (Wildman–Crippen LogP) is 1.95. The van der Waals surface area contributed by atoms with E-state index in [1.54, 1.807) is 0 Å². The SMILES string of the molecule is C(CC1CCNCC1)CC1CCNCC1.NS(=O)(=O)C(F)(F)F. The first-order valence-electron chi connectivity index (χ1n) is 8.20. The minimum absolute atomic E-state index is 1.04. The number of rotatable bonds is 4. The maximum atomic E-state index is 10.8. The zero-order valence-electron chi connectivity index (χ0n) is 13.4. The van der Waals surface area contributed by atoms with Crippen LogP contribution in [0.5, 0.6) is 0 Å². The van der Waals surface area contributed by atoms with Crippen LogP contribution in [0.1, 0.15) is 44.9 Å². The zero-order valence-corrected chi connectivity index (χ0v) is 14.2. The Labute approximate surface area is 136 Å².